The van der Waals surface area contributed by atoms with Crippen molar-refractivity contribution >= 4 is 15.9 Å². The first-order chi connectivity index (χ1) is 9.79. The second kappa shape index (κ2) is 9.25. The van der Waals surface area contributed by atoms with Gasteiger partial charge in [-0.05, 0) is 69.6 Å². The van der Waals surface area contributed by atoms with Crippen LogP contribution in [0.1, 0.15) is 70.6 Å². The van der Waals surface area contributed by atoms with E-state index in [9.17, 15) is 0 Å². The molecule has 2 rings (SSSR count). The first-order valence-electron chi connectivity index (χ1n) is 8.66. The Bertz CT molecular complexity index is 279. The van der Waals surface area contributed by atoms with Crippen molar-refractivity contribution in [2.45, 2.75) is 81.6 Å². The van der Waals surface area contributed by atoms with Crippen molar-refractivity contribution in [2.75, 3.05) is 6.61 Å². The fourth-order valence-corrected chi connectivity index (χ4v) is 4.68. The fourth-order valence-electron chi connectivity index (χ4n) is 3.93. The van der Waals surface area contributed by atoms with Gasteiger partial charge in [-0.25, -0.2) is 0 Å². The van der Waals surface area contributed by atoms with E-state index in [1.165, 1.54) is 70.6 Å². The SMILES string of the molecule is C=CCCCCCCOC1CCC2CC(Br)CCC2C1. The lowest BCUT2D eigenvalue weighted by molar-refractivity contribution is -0.0133. The second-order valence-corrected chi connectivity index (χ2v) is 8.02. The van der Waals surface area contributed by atoms with Crippen molar-refractivity contribution in [3.05, 3.63) is 12.7 Å². The second-order valence-electron chi connectivity index (χ2n) is 6.73. The van der Waals surface area contributed by atoms with E-state index in [-0.39, 0.29) is 0 Å². The third kappa shape index (κ3) is 5.52. The highest BCUT2D eigenvalue weighted by Gasteiger charge is 2.35. The quantitative estimate of drug-likeness (QED) is 0.304. The van der Waals surface area contributed by atoms with Crippen LogP contribution in [0.4, 0.5) is 0 Å². The number of halogens is 1. The number of allylic oxidation sites excluding steroid dienone is 1. The lowest BCUT2D eigenvalue weighted by Crippen LogP contribution is -2.34. The molecule has 2 saturated carbocycles. The molecule has 2 aliphatic carbocycles. The van der Waals surface area contributed by atoms with Crippen LogP contribution in [0, 0.1) is 11.8 Å². The largest absolute Gasteiger partial charge is 0.378 e. The first kappa shape index (κ1) is 16.5. The lowest BCUT2D eigenvalue weighted by atomic mass is 9.70. The normalized spacial score (nSPS) is 33.6. The molecule has 0 aromatic carbocycles. The van der Waals surface area contributed by atoms with Crippen LogP contribution in [0.3, 0.4) is 0 Å². The molecule has 2 heteroatoms. The molecule has 0 heterocycles. The summed E-state index contributed by atoms with van der Waals surface area (Å²) >= 11 is 3.80. The van der Waals surface area contributed by atoms with E-state index in [1.807, 2.05) is 6.08 Å². The monoisotopic (exact) mass is 342 g/mol. The maximum Gasteiger partial charge on any atom is 0.0578 e. The average Bonchev–Trinajstić information content (AvgIpc) is 2.46. The Balaban J connectivity index is 1.53. The van der Waals surface area contributed by atoms with Gasteiger partial charge in [0.15, 0.2) is 0 Å². The number of ether oxygens (including phenoxy) is 1. The molecule has 0 amide bonds. The summed E-state index contributed by atoms with van der Waals surface area (Å²) in [6, 6.07) is 0. The molecular formula is C18H31BrO. The van der Waals surface area contributed by atoms with Crippen LogP contribution >= 0.6 is 15.9 Å². The number of hydrogen-bond acceptors (Lipinski definition) is 1. The molecular weight excluding hydrogens is 312 g/mol. The minimum atomic E-state index is 0.566. The van der Waals surface area contributed by atoms with Crippen LogP contribution in [-0.2, 0) is 4.74 Å². The van der Waals surface area contributed by atoms with Gasteiger partial charge in [0.05, 0.1) is 6.10 Å². The molecule has 0 radical (unpaired) electrons. The van der Waals surface area contributed by atoms with Gasteiger partial charge in [-0.15, -0.1) is 6.58 Å². The van der Waals surface area contributed by atoms with E-state index >= 15 is 0 Å². The Labute approximate surface area is 133 Å². The molecule has 116 valence electrons. The molecule has 0 aliphatic heterocycles. The van der Waals surface area contributed by atoms with Crippen molar-refractivity contribution in [3.63, 3.8) is 0 Å². The van der Waals surface area contributed by atoms with Gasteiger partial charge in [0, 0.05) is 11.4 Å². The third-order valence-corrected chi connectivity index (χ3v) is 5.99. The Morgan fingerprint density at radius 1 is 0.950 bits per heavy atom. The van der Waals surface area contributed by atoms with Crippen LogP contribution in [0.15, 0.2) is 12.7 Å². The molecule has 0 aromatic heterocycles. The number of fused-ring (bicyclic) bond motifs is 1. The van der Waals surface area contributed by atoms with E-state index in [0.717, 1.165) is 23.3 Å². The smallest absolute Gasteiger partial charge is 0.0578 e. The van der Waals surface area contributed by atoms with Crippen molar-refractivity contribution < 1.29 is 4.74 Å². The van der Waals surface area contributed by atoms with Crippen LogP contribution in [0.2, 0.25) is 0 Å². The Morgan fingerprint density at radius 3 is 2.55 bits per heavy atom. The van der Waals surface area contributed by atoms with E-state index < -0.39 is 0 Å². The predicted octanol–water partition coefficient (Wildman–Crippen LogP) is 5.87. The molecule has 2 fully saturated rings. The molecule has 1 nitrogen and oxygen atoms in total. The highest BCUT2D eigenvalue weighted by Crippen LogP contribution is 2.43. The van der Waals surface area contributed by atoms with Crippen LogP contribution in [0.25, 0.3) is 0 Å². The number of hydrogen-bond donors (Lipinski definition) is 0. The van der Waals surface area contributed by atoms with Gasteiger partial charge in [-0.2, -0.15) is 0 Å². The van der Waals surface area contributed by atoms with E-state index in [4.69, 9.17) is 4.74 Å². The predicted molar refractivity (Wildman–Crippen MR) is 90.4 cm³/mol. The van der Waals surface area contributed by atoms with Crippen molar-refractivity contribution in [1.82, 2.24) is 0 Å². The zero-order valence-corrected chi connectivity index (χ0v) is 14.5. The standard InChI is InChI=1S/C18H31BrO/c1-2-3-4-5-6-7-12-20-18-11-9-15-13-17(19)10-8-16(15)14-18/h2,15-18H,1,3-14H2. The molecule has 0 spiro atoms. The van der Waals surface area contributed by atoms with E-state index in [2.05, 4.69) is 22.5 Å². The van der Waals surface area contributed by atoms with E-state index in [0.29, 0.717) is 6.10 Å². The summed E-state index contributed by atoms with van der Waals surface area (Å²) < 4.78 is 6.13. The lowest BCUT2D eigenvalue weighted by Gasteiger charge is -2.40. The molecule has 0 bridgehead atoms. The zero-order valence-electron chi connectivity index (χ0n) is 12.9. The summed E-state index contributed by atoms with van der Waals surface area (Å²) in [5, 5.41) is 0. The minimum absolute atomic E-state index is 0.566. The highest BCUT2D eigenvalue weighted by atomic mass is 79.9. The first-order valence-corrected chi connectivity index (χ1v) is 9.57. The van der Waals surface area contributed by atoms with Crippen molar-refractivity contribution in [3.8, 4) is 0 Å². The summed E-state index contributed by atoms with van der Waals surface area (Å²) in [5.74, 6) is 1.93. The summed E-state index contributed by atoms with van der Waals surface area (Å²) in [4.78, 5) is 0.789. The van der Waals surface area contributed by atoms with Gasteiger partial charge in [0.2, 0.25) is 0 Å². The van der Waals surface area contributed by atoms with Gasteiger partial charge in [0.25, 0.3) is 0 Å². The molecule has 4 unspecified atom stereocenters. The Kier molecular flexibility index (Phi) is 7.65. The van der Waals surface area contributed by atoms with Gasteiger partial charge >= 0.3 is 0 Å². The maximum atomic E-state index is 6.13. The molecule has 20 heavy (non-hydrogen) atoms. The van der Waals surface area contributed by atoms with Crippen molar-refractivity contribution in [2.24, 2.45) is 11.8 Å². The zero-order chi connectivity index (χ0) is 14.2. The molecule has 4 atom stereocenters. The summed E-state index contributed by atoms with van der Waals surface area (Å²) in [7, 11) is 0. The molecule has 0 saturated heterocycles. The van der Waals surface area contributed by atoms with Crippen LogP contribution in [0.5, 0.6) is 0 Å². The molecule has 2 aliphatic rings. The van der Waals surface area contributed by atoms with Gasteiger partial charge < -0.3 is 4.74 Å². The third-order valence-electron chi connectivity index (χ3n) is 5.16. The van der Waals surface area contributed by atoms with Gasteiger partial charge in [0.1, 0.15) is 0 Å². The van der Waals surface area contributed by atoms with Crippen LogP contribution < -0.4 is 0 Å². The fraction of sp³-hybridized carbons (Fsp3) is 0.889. The topological polar surface area (TPSA) is 9.23 Å². The van der Waals surface area contributed by atoms with Crippen LogP contribution in [-0.4, -0.2) is 17.5 Å². The summed E-state index contributed by atoms with van der Waals surface area (Å²) in [6.07, 6.45) is 17.2. The highest BCUT2D eigenvalue weighted by molar-refractivity contribution is 9.09. The maximum absolute atomic E-state index is 6.13. The van der Waals surface area contributed by atoms with Crippen molar-refractivity contribution in [1.29, 1.82) is 0 Å². The van der Waals surface area contributed by atoms with Gasteiger partial charge in [-0.3, -0.25) is 0 Å². The van der Waals surface area contributed by atoms with E-state index in [1.54, 1.807) is 0 Å². The Morgan fingerprint density at radius 2 is 1.70 bits per heavy atom. The Hall–Kier alpha value is 0.180. The number of unbranched alkanes of at least 4 members (excludes halogenated alkanes) is 4. The summed E-state index contributed by atoms with van der Waals surface area (Å²) in [5.41, 5.74) is 0. The number of rotatable bonds is 8. The minimum Gasteiger partial charge on any atom is -0.378 e. The average molecular weight is 343 g/mol. The summed E-state index contributed by atoms with van der Waals surface area (Å²) in [6.45, 7) is 4.75. The molecule has 0 aromatic rings. The van der Waals surface area contributed by atoms with Gasteiger partial charge in [-0.1, -0.05) is 34.8 Å². The number of alkyl halides is 1. The molecule has 0 N–H and O–H groups in total.